The number of allylic oxidation sites excluding steroid dienone is 1. The molecule has 0 spiro atoms. The van der Waals surface area contributed by atoms with Gasteiger partial charge in [0, 0.05) is 23.9 Å². The number of hydrogen-bond donors (Lipinski definition) is 1. The van der Waals surface area contributed by atoms with Gasteiger partial charge < -0.3 is 5.11 Å². The van der Waals surface area contributed by atoms with Crippen LogP contribution in [-0.4, -0.2) is 20.6 Å². The molecule has 0 atom stereocenters. The summed E-state index contributed by atoms with van der Waals surface area (Å²) in [6.45, 7) is 3.43. The zero-order chi connectivity index (χ0) is 11.4. The summed E-state index contributed by atoms with van der Waals surface area (Å²) >= 11 is 0. The normalized spacial score (nSPS) is 11.5. The molecule has 1 heterocycles. The predicted octanol–water partition coefficient (Wildman–Crippen LogP) is 0.583. The quantitative estimate of drug-likeness (QED) is 0.737. The molecular weight excluding hydrogens is 196 g/mol. The molecule has 0 aliphatic carbocycles. The van der Waals surface area contributed by atoms with Crippen LogP contribution in [-0.2, 0) is 11.3 Å². The van der Waals surface area contributed by atoms with Gasteiger partial charge in [0.05, 0.1) is 6.33 Å². The van der Waals surface area contributed by atoms with E-state index in [1.165, 1.54) is 30.0 Å². The summed E-state index contributed by atoms with van der Waals surface area (Å²) < 4.78 is 1.35. The van der Waals surface area contributed by atoms with Gasteiger partial charge in [-0.25, -0.2) is 9.78 Å². The summed E-state index contributed by atoms with van der Waals surface area (Å²) in [7, 11) is 0. The van der Waals surface area contributed by atoms with Gasteiger partial charge in [0.15, 0.2) is 0 Å². The minimum atomic E-state index is -0.983. The first-order chi connectivity index (χ1) is 7.00. The Balaban J connectivity index is 2.87. The number of carboxylic acids is 1. The van der Waals surface area contributed by atoms with Crippen LogP contribution in [0.15, 0.2) is 28.8 Å². The lowest BCUT2D eigenvalue weighted by molar-refractivity contribution is -0.132. The molecule has 15 heavy (non-hydrogen) atoms. The Labute approximate surface area is 86.7 Å². The molecule has 0 aliphatic heterocycles. The van der Waals surface area contributed by atoms with Crippen molar-refractivity contribution in [2.75, 3.05) is 0 Å². The fourth-order valence-electron chi connectivity index (χ4n) is 0.976. The summed E-state index contributed by atoms with van der Waals surface area (Å²) in [5.74, 6) is -0.983. The molecule has 1 N–H and O–H groups in total. The molecule has 5 nitrogen and oxygen atoms in total. The molecule has 80 valence electrons. The maximum Gasteiger partial charge on any atom is 0.331 e. The number of carbonyl (C=O) groups is 1. The van der Waals surface area contributed by atoms with E-state index >= 15 is 0 Å². The molecule has 0 radical (unpaired) electrons. The van der Waals surface area contributed by atoms with Gasteiger partial charge in [0.25, 0.3) is 5.56 Å². The number of aliphatic carboxylic acids is 1. The van der Waals surface area contributed by atoms with Crippen LogP contribution in [0.2, 0.25) is 0 Å². The third kappa shape index (κ3) is 3.05. The molecule has 0 unspecified atom stereocenters. The lowest BCUT2D eigenvalue weighted by Crippen LogP contribution is -2.19. The van der Waals surface area contributed by atoms with Crippen LogP contribution < -0.4 is 5.56 Å². The second-order valence-corrected chi connectivity index (χ2v) is 3.21. The third-order valence-electron chi connectivity index (χ3n) is 1.95. The summed E-state index contributed by atoms with van der Waals surface area (Å²) in [4.78, 5) is 25.8. The Morgan fingerprint density at radius 3 is 2.87 bits per heavy atom. The van der Waals surface area contributed by atoms with E-state index in [2.05, 4.69) is 4.98 Å². The lowest BCUT2D eigenvalue weighted by atomic mass is 10.3. The molecule has 0 fully saturated rings. The molecule has 1 aromatic heterocycles. The van der Waals surface area contributed by atoms with Crippen molar-refractivity contribution in [3.05, 3.63) is 40.1 Å². The fraction of sp³-hybridized carbons (Fsp3) is 0.300. The lowest BCUT2D eigenvalue weighted by Gasteiger charge is -2.01. The largest absolute Gasteiger partial charge is 0.478 e. The minimum Gasteiger partial charge on any atom is -0.478 e. The first-order valence-electron chi connectivity index (χ1n) is 4.44. The van der Waals surface area contributed by atoms with Crippen LogP contribution in [0.4, 0.5) is 0 Å². The minimum absolute atomic E-state index is 0.183. The third-order valence-corrected chi connectivity index (χ3v) is 1.95. The smallest absolute Gasteiger partial charge is 0.331 e. The topological polar surface area (TPSA) is 72.2 Å². The van der Waals surface area contributed by atoms with Gasteiger partial charge in [-0.2, -0.15) is 0 Å². The first-order valence-corrected chi connectivity index (χ1v) is 4.44. The maximum atomic E-state index is 11.4. The van der Waals surface area contributed by atoms with Gasteiger partial charge in [-0.3, -0.25) is 9.36 Å². The van der Waals surface area contributed by atoms with Crippen molar-refractivity contribution < 1.29 is 9.90 Å². The van der Waals surface area contributed by atoms with Crippen molar-refractivity contribution in [1.82, 2.24) is 9.55 Å². The van der Waals surface area contributed by atoms with E-state index in [1.54, 1.807) is 6.92 Å². The molecule has 0 saturated heterocycles. The second-order valence-electron chi connectivity index (χ2n) is 3.21. The van der Waals surface area contributed by atoms with E-state index in [9.17, 15) is 9.59 Å². The molecule has 0 aliphatic rings. The Bertz CT molecular complexity index is 460. The van der Waals surface area contributed by atoms with Gasteiger partial charge in [-0.15, -0.1) is 0 Å². The van der Waals surface area contributed by atoms with Crippen molar-refractivity contribution in [1.29, 1.82) is 0 Å². The van der Waals surface area contributed by atoms with Crippen LogP contribution in [0.5, 0.6) is 0 Å². The Kier molecular flexibility index (Phi) is 3.38. The van der Waals surface area contributed by atoms with Crippen LogP contribution in [0, 0.1) is 6.92 Å². The molecule has 0 saturated carbocycles. The molecule has 0 aromatic carbocycles. The number of aromatic nitrogens is 2. The Morgan fingerprint density at radius 1 is 1.67 bits per heavy atom. The van der Waals surface area contributed by atoms with Crippen molar-refractivity contribution in [2.24, 2.45) is 0 Å². The van der Waals surface area contributed by atoms with Crippen LogP contribution in [0.25, 0.3) is 0 Å². The first kappa shape index (κ1) is 11.2. The predicted molar refractivity (Wildman–Crippen MR) is 54.6 cm³/mol. The average Bonchev–Trinajstić information content (AvgIpc) is 2.15. The Morgan fingerprint density at radius 2 is 2.33 bits per heavy atom. The van der Waals surface area contributed by atoms with E-state index in [0.717, 1.165) is 0 Å². The number of rotatable bonds is 3. The summed E-state index contributed by atoms with van der Waals surface area (Å²) in [6.07, 6.45) is 2.88. The molecule has 0 amide bonds. The summed E-state index contributed by atoms with van der Waals surface area (Å²) in [6, 6.07) is 1.41. The van der Waals surface area contributed by atoms with Gasteiger partial charge >= 0.3 is 5.97 Å². The number of carboxylic acid groups (broad SMARTS) is 1. The van der Waals surface area contributed by atoms with Gasteiger partial charge in [-0.05, 0) is 13.8 Å². The van der Waals surface area contributed by atoms with Gasteiger partial charge in [0.1, 0.15) is 0 Å². The molecule has 1 aromatic rings. The van der Waals surface area contributed by atoms with Crippen LogP contribution >= 0.6 is 0 Å². The molecular formula is C10H12N2O3. The average molecular weight is 208 g/mol. The monoisotopic (exact) mass is 208 g/mol. The van der Waals surface area contributed by atoms with E-state index in [0.29, 0.717) is 5.69 Å². The number of hydrogen-bond acceptors (Lipinski definition) is 3. The van der Waals surface area contributed by atoms with Crippen molar-refractivity contribution >= 4 is 5.97 Å². The van der Waals surface area contributed by atoms with Crippen molar-refractivity contribution in [2.45, 2.75) is 20.4 Å². The zero-order valence-corrected chi connectivity index (χ0v) is 8.60. The van der Waals surface area contributed by atoms with E-state index in [-0.39, 0.29) is 17.7 Å². The van der Waals surface area contributed by atoms with Crippen LogP contribution in [0.1, 0.15) is 12.6 Å². The van der Waals surface area contributed by atoms with E-state index in [1.807, 2.05) is 0 Å². The van der Waals surface area contributed by atoms with E-state index in [4.69, 9.17) is 5.11 Å². The molecule has 1 rings (SSSR count). The molecule has 0 bridgehead atoms. The van der Waals surface area contributed by atoms with Crippen molar-refractivity contribution in [3.63, 3.8) is 0 Å². The van der Waals surface area contributed by atoms with Crippen LogP contribution in [0.3, 0.4) is 0 Å². The Hall–Kier alpha value is -1.91. The zero-order valence-electron chi connectivity index (χ0n) is 8.60. The highest BCUT2D eigenvalue weighted by Crippen LogP contribution is 1.93. The highest BCUT2D eigenvalue weighted by Gasteiger charge is 1.99. The summed E-state index contributed by atoms with van der Waals surface area (Å²) in [5, 5.41) is 8.60. The number of aryl methyl sites for hydroxylation is 1. The van der Waals surface area contributed by atoms with E-state index < -0.39 is 5.97 Å². The maximum absolute atomic E-state index is 11.4. The van der Waals surface area contributed by atoms with Crippen molar-refractivity contribution in [3.8, 4) is 0 Å². The fourth-order valence-corrected chi connectivity index (χ4v) is 0.976. The van der Waals surface area contributed by atoms with Gasteiger partial charge in [0.2, 0.25) is 0 Å². The number of nitrogens with zero attached hydrogens (tertiary/aromatic N) is 2. The highest BCUT2D eigenvalue weighted by molar-refractivity contribution is 5.85. The summed E-state index contributed by atoms with van der Waals surface area (Å²) in [5.41, 5.74) is 0.676. The molecule has 5 heteroatoms. The van der Waals surface area contributed by atoms with Gasteiger partial charge in [-0.1, -0.05) is 6.08 Å². The second kappa shape index (κ2) is 4.54. The highest BCUT2D eigenvalue weighted by atomic mass is 16.4. The standard InChI is InChI=1S/C10H12N2O3/c1-7(10(14)15)3-4-12-6-11-8(2)5-9(12)13/h3,5-6H,4H2,1-2H3,(H,14,15)/b7-3+. The SMILES string of the molecule is C/C(=C\Cn1cnc(C)cc1=O)C(=O)O.